The third-order valence-electron chi connectivity index (χ3n) is 3.59. The zero-order chi connectivity index (χ0) is 21.8. The number of amides is 1. The first-order chi connectivity index (χ1) is 13.5. The molecular formula is C15H14Cl4FN5O4. The largest absolute Gasteiger partial charge is 0.445 e. The SMILES string of the molecule is Cc1ncc([N+](=O)[O-])n1CCOC(=O)N[C@H](Nc1ccc(F)c(Cl)c1)C(Cl)(Cl)Cl. The predicted molar refractivity (Wildman–Crippen MR) is 107 cm³/mol. The van der Waals surface area contributed by atoms with Crippen LogP contribution < -0.4 is 10.6 Å². The number of aryl methyl sites for hydroxylation is 1. The van der Waals surface area contributed by atoms with Gasteiger partial charge in [0.1, 0.15) is 31.3 Å². The third-order valence-corrected chi connectivity index (χ3v) is 4.53. The number of rotatable bonds is 7. The van der Waals surface area contributed by atoms with Gasteiger partial charge in [0.05, 0.1) is 5.02 Å². The fraction of sp³-hybridized carbons (Fsp3) is 0.333. The van der Waals surface area contributed by atoms with Crippen LogP contribution in [0.15, 0.2) is 24.4 Å². The minimum atomic E-state index is -2.00. The third kappa shape index (κ3) is 6.49. The van der Waals surface area contributed by atoms with E-state index in [4.69, 9.17) is 51.1 Å². The molecule has 2 rings (SSSR count). The molecule has 0 saturated heterocycles. The summed E-state index contributed by atoms with van der Waals surface area (Å²) in [5.41, 5.74) is 0.276. The van der Waals surface area contributed by atoms with E-state index in [0.717, 1.165) is 12.3 Å². The molecule has 0 aliphatic heterocycles. The summed E-state index contributed by atoms with van der Waals surface area (Å²) in [5.74, 6) is -0.492. The van der Waals surface area contributed by atoms with Gasteiger partial charge in [-0.25, -0.2) is 18.7 Å². The number of imidazole rings is 1. The van der Waals surface area contributed by atoms with E-state index in [1.54, 1.807) is 6.92 Å². The summed E-state index contributed by atoms with van der Waals surface area (Å²) in [4.78, 5) is 26.2. The number of alkyl carbamates (subject to hydrolysis) is 1. The topological polar surface area (TPSA) is 111 Å². The van der Waals surface area contributed by atoms with Gasteiger partial charge in [-0.05, 0) is 23.1 Å². The van der Waals surface area contributed by atoms with Crippen molar-refractivity contribution < 1.29 is 18.8 Å². The molecule has 0 aliphatic rings. The van der Waals surface area contributed by atoms with Crippen LogP contribution >= 0.6 is 46.4 Å². The Hall–Kier alpha value is -2.01. The number of benzene rings is 1. The zero-order valence-corrected chi connectivity index (χ0v) is 17.7. The van der Waals surface area contributed by atoms with Crippen LogP contribution in [0.25, 0.3) is 0 Å². The Kier molecular flexibility index (Phi) is 7.75. The minimum Gasteiger partial charge on any atom is -0.445 e. The molecule has 0 aliphatic carbocycles. The second-order valence-corrected chi connectivity index (χ2v) is 8.38. The Labute approximate surface area is 184 Å². The van der Waals surface area contributed by atoms with Gasteiger partial charge in [0, 0.05) is 12.6 Å². The predicted octanol–water partition coefficient (Wildman–Crippen LogP) is 4.43. The first kappa shape index (κ1) is 23.3. The number of alkyl halides is 3. The van der Waals surface area contributed by atoms with Crippen LogP contribution in [-0.4, -0.2) is 37.1 Å². The summed E-state index contributed by atoms with van der Waals surface area (Å²) < 4.78 is 17.5. The van der Waals surface area contributed by atoms with E-state index < -0.39 is 26.8 Å². The molecular weight excluding hydrogens is 475 g/mol. The van der Waals surface area contributed by atoms with Crippen molar-refractivity contribution in [1.82, 2.24) is 14.9 Å². The number of nitro groups is 1. The van der Waals surface area contributed by atoms with Gasteiger partial charge in [-0.15, -0.1) is 0 Å². The van der Waals surface area contributed by atoms with E-state index in [1.165, 1.54) is 16.7 Å². The number of anilines is 1. The number of nitrogens with one attached hydrogen (secondary N) is 2. The summed E-state index contributed by atoms with van der Waals surface area (Å²) in [6.07, 6.45) is -1.11. The summed E-state index contributed by atoms with van der Waals surface area (Å²) >= 11 is 23.3. The fourth-order valence-electron chi connectivity index (χ4n) is 2.22. The number of hydrogen-bond donors (Lipinski definition) is 2. The summed E-state index contributed by atoms with van der Waals surface area (Å²) in [6.45, 7) is 1.36. The molecule has 2 N–H and O–H groups in total. The van der Waals surface area contributed by atoms with Gasteiger partial charge in [0.25, 0.3) is 0 Å². The molecule has 0 radical (unpaired) electrons. The van der Waals surface area contributed by atoms with Crippen molar-refractivity contribution in [1.29, 1.82) is 0 Å². The summed E-state index contributed by atoms with van der Waals surface area (Å²) in [7, 11) is 0. The Morgan fingerprint density at radius 1 is 1.45 bits per heavy atom. The van der Waals surface area contributed by atoms with Gasteiger partial charge in [-0.2, -0.15) is 0 Å². The van der Waals surface area contributed by atoms with Gasteiger partial charge in [-0.3, -0.25) is 5.32 Å². The van der Waals surface area contributed by atoms with Crippen LogP contribution in [0.3, 0.4) is 0 Å². The van der Waals surface area contributed by atoms with E-state index in [-0.39, 0.29) is 29.7 Å². The van der Waals surface area contributed by atoms with Crippen LogP contribution in [0, 0.1) is 22.9 Å². The molecule has 1 aromatic carbocycles. The smallest absolute Gasteiger partial charge is 0.409 e. The minimum absolute atomic E-state index is 0.00496. The highest BCUT2D eigenvalue weighted by Crippen LogP contribution is 2.32. The first-order valence-corrected chi connectivity index (χ1v) is 9.38. The number of nitrogens with zero attached hydrogens (tertiary/aromatic N) is 3. The lowest BCUT2D eigenvalue weighted by molar-refractivity contribution is -0.392. The van der Waals surface area contributed by atoms with Crippen LogP contribution in [0.2, 0.25) is 5.02 Å². The normalized spacial score (nSPS) is 12.3. The standard InChI is InChI=1S/C15H14Cl4FN5O4/c1-8-21-7-12(25(27)28)24(8)4-5-29-14(26)23-13(15(17,18)19)22-9-2-3-11(20)10(16)6-9/h2-3,6-7,13,22H,4-5H2,1H3,(H,23,26)/t13-/m0/s1. The summed E-state index contributed by atoms with van der Waals surface area (Å²) in [5, 5.41) is 15.8. The van der Waals surface area contributed by atoms with Crippen molar-refractivity contribution in [3.63, 3.8) is 0 Å². The molecule has 29 heavy (non-hydrogen) atoms. The van der Waals surface area contributed by atoms with Gasteiger partial charge in [0.15, 0.2) is 5.82 Å². The molecule has 0 bridgehead atoms. The molecule has 9 nitrogen and oxygen atoms in total. The van der Waals surface area contributed by atoms with Gasteiger partial charge < -0.3 is 20.2 Å². The van der Waals surface area contributed by atoms with Gasteiger partial charge in [0.2, 0.25) is 3.79 Å². The summed E-state index contributed by atoms with van der Waals surface area (Å²) in [6, 6.07) is 3.67. The number of halogens is 5. The fourth-order valence-corrected chi connectivity index (χ4v) is 2.73. The van der Waals surface area contributed by atoms with Crippen molar-refractivity contribution in [3.8, 4) is 0 Å². The molecule has 1 atom stereocenters. The van der Waals surface area contributed by atoms with Crippen LogP contribution in [0.1, 0.15) is 5.82 Å². The average molecular weight is 489 g/mol. The molecule has 0 fully saturated rings. The van der Waals surface area contributed by atoms with E-state index >= 15 is 0 Å². The lowest BCUT2D eigenvalue weighted by Crippen LogP contribution is -2.49. The maximum atomic E-state index is 13.3. The molecule has 1 aromatic heterocycles. The van der Waals surface area contributed by atoms with Crippen molar-refractivity contribution in [2.75, 3.05) is 11.9 Å². The molecule has 14 heteroatoms. The number of carbonyl (C=O) groups excluding carboxylic acids is 1. The highest BCUT2D eigenvalue weighted by Gasteiger charge is 2.34. The Morgan fingerprint density at radius 3 is 2.72 bits per heavy atom. The maximum absolute atomic E-state index is 13.3. The van der Waals surface area contributed by atoms with Crippen molar-refractivity contribution in [3.05, 3.63) is 51.2 Å². The molecule has 0 unspecified atom stereocenters. The monoisotopic (exact) mass is 487 g/mol. The van der Waals surface area contributed by atoms with Crippen molar-refractivity contribution in [2.24, 2.45) is 0 Å². The number of hydrogen-bond acceptors (Lipinski definition) is 6. The van der Waals surface area contributed by atoms with E-state index in [9.17, 15) is 19.3 Å². The van der Waals surface area contributed by atoms with E-state index in [0.29, 0.717) is 5.82 Å². The lowest BCUT2D eigenvalue weighted by Gasteiger charge is -2.27. The molecule has 0 saturated carbocycles. The van der Waals surface area contributed by atoms with E-state index in [2.05, 4.69) is 15.6 Å². The highest BCUT2D eigenvalue weighted by atomic mass is 35.6. The van der Waals surface area contributed by atoms with E-state index in [1.807, 2.05) is 0 Å². The second-order valence-electron chi connectivity index (χ2n) is 5.60. The molecule has 2 aromatic rings. The number of carbonyl (C=O) groups is 1. The van der Waals surface area contributed by atoms with Crippen LogP contribution in [0.5, 0.6) is 0 Å². The van der Waals surface area contributed by atoms with Crippen LogP contribution in [0.4, 0.5) is 20.7 Å². The molecule has 0 spiro atoms. The van der Waals surface area contributed by atoms with Gasteiger partial charge >= 0.3 is 11.9 Å². The van der Waals surface area contributed by atoms with Crippen molar-refractivity contribution in [2.45, 2.75) is 23.4 Å². The lowest BCUT2D eigenvalue weighted by atomic mass is 10.3. The van der Waals surface area contributed by atoms with Crippen LogP contribution in [-0.2, 0) is 11.3 Å². The quantitative estimate of drug-likeness (QED) is 0.258. The Bertz CT molecular complexity index is 905. The highest BCUT2D eigenvalue weighted by molar-refractivity contribution is 6.68. The second kappa shape index (κ2) is 9.66. The van der Waals surface area contributed by atoms with Gasteiger partial charge in [-0.1, -0.05) is 46.4 Å². The average Bonchev–Trinajstić information content (AvgIpc) is 2.98. The Balaban J connectivity index is 1.97. The number of aromatic nitrogens is 2. The zero-order valence-electron chi connectivity index (χ0n) is 14.7. The molecule has 1 heterocycles. The maximum Gasteiger partial charge on any atom is 0.409 e. The Morgan fingerprint density at radius 2 is 2.14 bits per heavy atom. The number of ether oxygens (including phenoxy) is 1. The molecule has 1 amide bonds. The molecule has 158 valence electrons. The van der Waals surface area contributed by atoms with Crippen molar-refractivity contribution >= 4 is 64.0 Å². The first-order valence-electron chi connectivity index (χ1n) is 7.87.